The van der Waals surface area contributed by atoms with Gasteiger partial charge in [-0.25, -0.2) is 4.79 Å². The number of carbonyl (C=O) groups is 3. The van der Waals surface area contributed by atoms with Crippen molar-refractivity contribution in [3.8, 4) is 17.2 Å². The molecule has 2 aliphatic heterocycles. The molecule has 2 amide bonds. The highest BCUT2D eigenvalue weighted by Crippen LogP contribution is 2.32. The van der Waals surface area contributed by atoms with E-state index in [1.807, 2.05) is 11.8 Å². The first-order valence-electron chi connectivity index (χ1n) is 13.6. The number of benzene rings is 2. The lowest BCUT2D eigenvalue weighted by molar-refractivity contribution is -0.129. The molecule has 0 atom stereocenters. The first-order valence-corrected chi connectivity index (χ1v) is 13.6. The number of nitrogens with zero attached hydrogens (tertiary/aromatic N) is 2. The largest absolute Gasteiger partial charge is 0.454 e. The van der Waals surface area contributed by atoms with E-state index in [2.05, 4.69) is 30.1 Å². The number of hydrogen-bond donors (Lipinski definition) is 1. The van der Waals surface area contributed by atoms with E-state index in [-0.39, 0.29) is 18.6 Å². The fourth-order valence-electron chi connectivity index (χ4n) is 4.50. The Morgan fingerprint density at radius 1 is 0.925 bits per heavy atom. The number of amides is 2. The van der Waals surface area contributed by atoms with E-state index in [4.69, 9.17) is 14.2 Å². The number of hydrogen-bond acceptors (Lipinski definition) is 7. The van der Waals surface area contributed by atoms with Gasteiger partial charge in [-0.15, -0.1) is 0 Å². The molecule has 2 heterocycles. The van der Waals surface area contributed by atoms with Gasteiger partial charge in [-0.05, 0) is 76.1 Å². The van der Waals surface area contributed by atoms with Crippen molar-refractivity contribution in [3.05, 3.63) is 76.9 Å². The molecule has 9 heteroatoms. The zero-order valence-electron chi connectivity index (χ0n) is 23.4. The average Bonchev–Trinajstić information content (AvgIpc) is 3.41. The van der Waals surface area contributed by atoms with Crippen molar-refractivity contribution in [1.82, 2.24) is 15.1 Å². The van der Waals surface area contributed by atoms with Crippen molar-refractivity contribution in [1.29, 1.82) is 0 Å². The van der Waals surface area contributed by atoms with Gasteiger partial charge in [0.25, 0.3) is 11.8 Å². The van der Waals surface area contributed by atoms with E-state index in [1.54, 1.807) is 42.5 Å². The van der Waals surface area contributed by atoms with Crippen LogP contribution in [0.15, 0.2) is 65.8 Å². The van der Waals surface area contributed by atoms with Gasteiger partial charge in [0.15, 0.2) is 11.5 Å². The molecule has 1 saturated heterocycles. The highest BCUT2D eigenvalue weighted by Gasteiger charge is 2.22. The molecule has 0 radical (unpaired) electrons. The Bertz CT molecular complexity index is 1270. The van der Waals surface area contributed by atoms with E-state index in [0.29, 0.717) is 54.6 Å². The summed E-state index contributed by atoms with van der Waals surface area (Å²) in [5.41, 5.74) is 3.30. The maximum Gasteiger partial charge on any atom is 0.336 e. The Balaban J connectivity index is 1.17. The zero-order chi connectivity index (χ0) is 28.5. The molecular formula is C31H37N3O6. The van der Waals surface area contributed by atoms with Crippen LogP contribution in [0.1, 0.15) is 54.3 Å². The van der Waals surface area contributed by atoms with Gasteiger partial charge in [0.2, 0.25) is 6.79 Å². The van der Waals surface area contributed by atoms with Crippen molar-refractivity contribution in [2.24, 2.45) is 0 Å². The Morgan fingerprint density at radius 3 is 2.35 bits per heavy atom. The van der Waals surface area contributed by atoms with Crippen molar-refractivity contribution in [2.75, 3.05) is 46.1 Å². The van der Waals surface area contributed by atoms with Crippen molar-refractivity contribution in [3.63, 3.8) is 0 Å². The monoisotopic (exact) mass is 547 g/mol. The van der Waals surface area contributed by atoms with Crippen LogP contribution in [0, 0.1) is 0 Å². The first-order chi connectivity index (χ1) is 19.3. The van der Waals surface area contributed by atoms with Crippen molar-refractivity contribution < 1.29 is 28.6 Å². The lowest BCUT2D eigenvalue weighted by Gasteiger charge is -2.34. The second-order valence-corrected chi connectivity index (χ2v) is 10.2. The van der Waals surface area contributed by atoms with Crippen LogP contribution in [-0.4, -0.2) is 73.6 Å². The van der Waals surface area contributed by atoms with Gasteiger partial charge in [0, 0.05) is 56.5 Å². The van der Waals surface area contributed by atoms with Crippen LogP contribution in [0.25, 0.3) is 0 Å². The third-order valence-electron chi connectivity index (χ3n) is 6.78. The average molecular weight is 548 g/mol. The summed E-state index contributed by atoms with van der Waals surface area (Å²) in [7, 11) is 0. The summed E-state index contributed by atoms with van der Waals surface area (Å²) in [5.74, 6) is 1.00. The minimum atomic E-state index is -0.419. The van der Waals surface area contributed by atoms with Gasteiger partial charge in [-0.1, -0.05) is 17.2 Å². The molecule has 1 N–H and O–H groups in total. The second-order valence-electron chi connectivity index (χ2n) is 10.2. The molecule has 0 aromatic heterocycles. The van der Waals surface area contributed by atoms with E-state index < -0.39 is 5.97 Å². The lowest BCUT2D eigenvalue weighted by atomic mass is 10.1. The van der Waals surface area contributed by atoms with Gasteiger partial charge in [-0.2, -0.15) is 0 Å². The minimum Gasteiger partial charge on any atom is -0.454 e. The molecule has 0 aliphatic carbocycles. The fourth-order valence-corrected chi connectivity index (χ4v) is 4.50. The van der Waals surface area contributed by atoms with E-state index in [9.17, 15) is 14.4 Å². The maximum absolute atomic E-state index is 13.0. The maximum atomic E-state index is 13.0. The van der Waals surface area contributed by atoms with E-state index in [1.165, 1.54) is 11.6 Å². The number of piperazine rings is 1. The van der Waals surface area contributed by atoms with Gasteiger partial charge in [0.1, 0.15) is 5.75 Å². The number of carbonyl (C=O) groups excluding carboxylic acids is 3. The lowest BCUT2D eigenvalue weighted by Crippen LogP contribution is -2.50. The third kappa shape index (κ3) is 8.19. The molecule has 2 aromatic rings. The number of nitrogens with one attached hydrogen (secondary N) is 1. The molecule has 1 fully saturated rings. The molecule has 212 valence electrons. The summed E-state index contributed by atoms with van der Waals surface area (Å²) in [6.07, 6.45) is 5.35. The van der Waals surface area contributed by atoms with E-state index >= 15 is 0 Å². The van der Waals surface area contributed by atoms with Crippen LogP contribution in [0.2, 0.25) is 0 Å². The van der Waals surface area contributed by atoms with Crippen LogP contribution < -0.4 is 19.5 Å². The number of esters is 1. The standard InChI is InChI=1S/C31H37N3O6/c1-22(2)5-4-6-23(3)19-29(35)40-26-10-7-24(8-11-26)31(37)34-17-15-33(16-18-34)14-13-32-30(36)25-9-12-27-28(20-25)39-21-38-27/h5,7-12,19-20H,4,6,13-18,21H2,1-3H3,(H,32,36)/b23-19+. The molecule has 4 rings (SSSR count). The summed E-state index contributed by atoms with van der Waals surface area (Å²) in [5, 5.41) is 2.94. The molecule has 9 nitrogen and oxygen atoms in total. The van der Waals surface area contributed by atoms with Crippen LogP contribution in [0.4, 0.5) is 0 Å². The Labute approximate surface area is 235 Å². The zero-order valence-corrected chi connectivity index (χ0v) is 23.4. The quantitative estimate of drug-likeness (QED) is 0.206. The summed E-state index contributed by atoms with van der Waals surface area (Å²) in [6.45, 7) is 10.0. The van der Waals surface area contributed by atoms with Crippen LogP contribution in [-0.2, 0) is 4.79 Å². The van der Waals surface area contributed by atoms with E-state index in [0.717, 1.165) is 31.5 Å². The van der Waals surface area contributed by atoms with Crippen molar-refractivity contribution >= 4 is 17.8 Å². The normalized spacial score (nSPS) is 15.0. The Hall–Kier alpha value is -4.11. The Kier molecular flexibility index (Phi) is 9.96. The number of allylic oxidation sites excluding steroid dienone is 3. The Morgan fingerprint density at radius 2 is 1.62 bits per heavy atom. The van der Waals surface area contributed by atoms with Gasteiger partial charge in [0.05, 0.1) is 0 Å². The highest BCUT2D eigenvalue weighted by atomic mass is 16.7. The molecule has 2 aliphatic rings. The molecule has 0 saturated carbocycles. The molecule has 0 bridgehead atoms. The topological polar surface area (TPSA) is 97.4 Å². The predicted molar refractivity (Wildman–Crippen MR) is 152 cm³/mol. The number of rotatable bonds is 10. The molecule has 0 spiro atoms. The van der Waals surface area contributed by atoms with Crippen LogP contribution >= 0.6 is 0 Å². The smallest absolute Gasteiger partial charge is 0.336 e. The molecular weight excluding hydrogens is 510 g/mol. The molecule has 2 aromatic carbocycles. The molecule has 0 unspecified atom stereocenters. The van der Waals surface area contributed by atoms with Gasteiger partial charge < -0.3 is 24.4 Å². The molecule has 40 heavy (non-hydrogen) atoms. The summed E-state index contributed by atoms with van der Waals surface area (Å²) >= 11 is 0. The van der Waals surface area contributed by atoms with Gasteiger partial charge >= 0.3 is 5.97 Å². The number of fused-ring (bicyclic) bond motifs is 1. The third-order valence-corrected chi connectivity index (χ3v) is 6.78. The minimum absolute atomic E-state index is 0.0522. The first kappa shape index (κ1) is 28.9. The van der Waals surface area contributed by atoms with Gasteiger partial charge in [-0.3, -0.25) is 14.5 Å². The predicted octanol–water partition coefficient (Wildman–Crippen LogP) is 4.20. The summed E-state index contributed by atoms with van der Waals surface area (Å²) in [6, 6.07) is 11.8. The fraction of sp³-hybridized carbons (Fsp3) is 0.387. The van der Waals surface area contributed by atoms with Crippen molar-refractivity contribution in [2.45, 2.75) is 33.6 Å². The summed E-state index contributed by atoms with van der Waals surface area (Å²) in [4.78, 5) is 41.7. The highest BCUT2D eigenvalue weighted by molar-refractivity contribution is 5.95. The SMILES string of the molecule is CC(C)=CCC/C(C)=C/C(=O)Oc1ccc(C(=O)N2CCN(CCNC(=O)c3ccc4c(c3)OCO4)CC2)cc1. The second kappa shape index (κ2) is 13.8. The number of ether oxygens (including phenoxy) is 3. The summed E-state index contributed by atoms with van der Waals surface area (Å²) < 4.78 is 16.0. The van der Waals surface area contributed by atoms with Crippen LogP contribution in [0.3, 0.4) is 0 Å². The van der Waals surface area contributed by atoms with Crippen LogP contribution in [0.5, 0.6) is 17.2 Å².